The average Bonchev–Trinajstić information content (AvgIpc) is 3.33. The third kappa shape index (κ3) is 3.84. The fourth-order valence-electron chi connectivity index (χ4n) is 4.04. The van der Waals surface area contributed by atoms with Crippen LogP contribution in [0.25, 0.3) is 0 Å². The first kappa shape index (κ1) is 20.5. The maximum atomic E-state index is 12.9. The van der Waals surface area contributed by atoms with Gasteiger partial charge in [0, 0.05) is 11.4 Å². The normalized spacial score (nSPS) is 20.1. The molecule has 2 heterocycles. The SMILES string of the molecule is C[C@H]1CCc2c1nc1c(c2NC(=O)N=[S@@](N)(=O)c2cc(C(C)(C)O)cs2)CCC1. The Hall–Kier alpha value is -1.81. The molecular weight excluding hydrogens is 408 g/mol. The van der Waals surface area contributed by atoms with E-state index < -0.39 is 21.5 Å². The summed E-state index contributed by atoms with van der Waals surface area (Å²) in [6, 6.07) is 0.839. The van der Waals surface area contributed by atoms with Gasteiger partial charge in [-0.2, -0.15) is 0 Å². The van der Waals surface area contributed by atoms with E-state index in [-0.39, 0.29) is 4.21 Å². The number of anilines is 1. The molecule has 0 aliphatic heterocycles. The Morgan fingerprint density at radius 3 is 2.83 bits per heavy atom. The van der Waals surface area contributed by atoms with Gasteiger partial charge >= 0.3 is 6.03 Å². The molecule has 156 valence electrons. The van der Waals surface area contributed by atoms with E-state index in [1.165, 1.54) is 0 Å². The second kappa shape index (κ2) is 7.16. The predicted molar refractivity (Wildman–Crippen MR) is 115 cm³/mol. The summed E-state index contributed by atoms with van der Waals surface area (Å²) in [7, 11) is -3.40. The fraction of sp³-hybridized carbons (Fsp3) is 0.500. The Balaban J connectivity index is 1.66. The number of carbonyl (C=O) groups excluding carboxylic acids is 1. The van der Waals surface area contributed by atoms with Crippen LogP contribution in [0.1, 0.15) is 67.6 Å². The number of hydrogen-bond donors (Lipinski definition) is 3. The number of aromatic nitrogens is 1. The molecule has 0 aromatic carbocycles. The van der Waals surface area contributed by atoms with Gasteiger partial charge in [-0.3, -0.25) is 4.98 Å². The zero-order valence-corrected chi connectivity index (χ0v) is 18.5. The zero-order chi connectivity index (χ0) is 21.0. The van der Waals surface area contributed by atoms with Crippen molar-refractivity contribution in [2.45, 2.75) is 68.6 Å². The molecule has 2 aliphatic carbocycles. The van der Waals surface area contributed by atoms with Crippen LogP contribution >= 0.6 is 11.3 Å². The van der Waals surface area contributed by atoms with Crippen LogP contribution in [0.2, 0.25) is 0 Å². The minimum absolute atomic E-state index is 0.267. The summed E-state index contributed by atoms with van der Waals surface area (Å²) in [5.74, 6) is 0.369. The topological polar surface area (TPSA) is 118 Å². The molecule has 0 saturated heterocycles. The molecule has 2 aromatic rings. The highest BCUT2D eigenvalue weighted by Crippen LogP contribution is 2.41. The number of thiophene rings is 1. The van der Waals surface area contributed by atoms with Gasteiger partial charge in [0.1, 0.15) is 4.21 Å². The van der Waals surface area contributed by atoms with Crippen LogP contribution in [0.4, 0.5) is 10.5 Å². The molecule has 29 heavy (non-hydrogen) atoms. The highest BCUT2D eigenvalue weighted by Gasteiger charge is 2.30. The number of pyridine rings is 1. The van der Waals surface area contributed by atoms with Crippen molar-refractivity contribution in [3.63, 3.8) is 0 Å². The molecule has 0 radical (unpaired) electrons. The number of hydrogen-bond acceptors (Lipinski definition) is 5. The van der Waals surface area contributed by atoms with Crippen molar-refractivity contribution in [2.24, 2.45) is 9.50 Å². The van der Waals surface area contributed by atoms with Crippen LogP contribution in [-0.4, -0.2) is 20.3 Å². The molecule has 2 amide bonds. The highest BCUT2D eigenvalue weighted by atomic mass is 32.2. The third-order valence-electron chi connectivity index (χ3n) is 5.67. The number of nitrogens with zero attached hydrogens (tertiary/aromatic N) is 2. The Kier molecular flexibility index (Phi) is 5.05. The summed E-state index contributed by atoms with van der Waals surface area (Å²) in [4.78, 5) is 17.5. The van der Waals surface area contributed by atoms with Gasteiger partial charge in [0.15, 0.2) is 9.92 Å². The van der Waals surface area contributed by atoms with Crippen LogP contribution in [0.15, 0.2) is 20.0 Å². The summed E-state index contributed by atoms with van der Waals surface area (Å²) >= 11 is 1.13. The van der Waals surface area contributed by atoms with Gasteiger partial charge in [0.25, 0.3) is 0 Å². The molecule has 9 heteroatoms. The lowest BCUT2D eigenvalue weighted by atomic mass is 10.0. The van der Waals surface area contributed by atoms with Gasteiger partial charge in [-0.05, 0) is 80.0 Å². The predicted octanol–water partition coefficient (Wildman–Crippen LogP) is 3.84. The van der Waals surface area contributed by atoms with E-state index in [2.05, 4.69) is 16.6 Å². The zero-order valence-electron chi connectivity index (χ0n) is 16.8. The maximum absolute atomic E-state index is 12.9. The Morgan fingerprint density at radius 2 is 2.14 bits per heavy atom. The van der Waals surface area contributed by atoms with Gasteiger partial charge in [0.2, 0.25) is 0 Å². The van der Waals surface area contributed by atoms with E-state index in [0.29, 0.717) is 11.5 Å². The molecule has 2 atom stereocenters. The molecule has 7 nitrogen and oxygen atoms in total. The molecule has 4 rings (SSSR count). The second-order valence-corrected chi connectivity index (χ2v) is 11.3. The fourth-order valence-corrected chi connectivity index (χ4v) is 6.32. The van der Waals surface area contributed by atoms with Crippen LogP contribution in [-0.2, 0) is 34.8 Å². The lowest BCUT2D eigenvalue weighted by Gasteiger charge is -2.15. The van der Waals surface area contributed by atoms with E-state index in [0.717, 1.165) is 71.6 Å². The Labute approximate surface area is 175 Å². The summed E-state index contributed by atoms with van der Waals surface area (Å²) in [6.45, 7) is 5.42. The molecule has 2 aromatic heterocycles. The van der Waals surface area contributed by atoms with Crippen molar-refractivity contribution in [1.29, 1.82) is 0 Å². The second-order valence-electron chi connectivity index (χ2n) is 8.37. The van der Waals surface area contributed by atoms with Crippen molar-refractivity contribution in [2.75, 3.05) is 5.32 Å². The highest BCUT2D eigenvalue weighted by molar-refractivity contribution is 7.93. The molecule has 2 aliphatic rings. The first-order valence-corrected chi connectivity index (χ1v) is 12.2. The first-order valence-electron chi connectivity index (χ1n) is 9.78. The van der Waals surface area contributed by atoms with Gasteiger partial charge in [-0.25, -0.2) is 14.1 Å². The third-order valence-corrected chi connectivity index (χ3v) is 8.53. The van der Waals surface area contributed by atoms with Crippen molar-refractivity contribution in [3.05, 3.63) is 39.5 Å². The summed E-state index contributed by atoms with van der Waals surface area (Å²) in [6.07, 6.45) is 4.68. The van der Waals surface area contributed by atoms with Gasteiger partial charge in [0.05, 0.1) is 11.3 Å². The minimum Gasteiger partial charge on any atom is -0.386 e. The lowest BCUT2D eigenvalue weighted by molar-refractivity contribution is 0.0789. The number of nitrogens with one attached hydrogen (secondary N) is 1. The molecule has 0 spiro atoms. The number of urea groups is 1. The largest absolute Gasteiger partial charge is 0.386 e. The van der Waals surface area contributed by atoms with E-state index in [9.17, 15) is 14.1 Å². The van der Waals surface area contributed by atoms with Gasteiger partial charge < -0.3 is 10.4 Å². The van der Waals surface area contributed by atoms with Crippen LogP contribution in [0.5, 0.6) is 0 Å². The first-order chi connectivity index (χ1) is 13.6. The number of aryl methyl sites for hydroxylation is 1. The van der Waals surface area contributed by atoms with Crippen molar-refractivity contribution >= 4 is 33.0 Å². The summed E-state index contributed by atoms with van der Waals surface area (Å²) in [5.41, 5.74) is 4.55. The van der Waals surface area contributed by atoms with Crippen LogP contribution in [0, 0.1) is 0 Å². The van der Waals surface area contributed by atoms with Crippen molar-refractivity contribution in [3.8, 4) is 0 Å². The monoisotopic (exact) mass is 434 g/mol. The number of nitrogens with two attached hydrogens (primary N) is 1. The Morgan fingerprint density at radius 1 is 1.38 bits per heavy atom. The summed E-state index contributed by atoms with van der Waals surface area (Å²) in [5, 5.41) is 20.6. The van der Waals surface area contributed by atoms with Crippen LogP contribution in [0.3, 0.4) is 0 Å². The minimum atomic E-state index is -3.40. The van der Waals surface area contributed by atoms with E-state index in [1.54, 1.807) is 25.3 Å². The Bertz CT molecular complexity index is 1110. The van der Waals surface area contributed by atoms with Gasteiger partial charge in [-0.15, -0.1) is 15.7 Å². The number of carbonyl (C=O) groups is 1. The van der Waals surface area contributed by atoms with E-state index >= 15 is 0 Å². The number of rotatable bonds is 3. The van der Waals surface area contributed by atoms with Crippen molar-refractivity contribution in [1.82, 2.24) is 4.98 Å². The molecule has 0 unspecified atom stereocenters. The molecular formula is C20H26N4O3S2. The lowest BCUT2D eigenvalue weighted by Crippen LogP contribution is -2.19. The molecule has 4 N–H and O–H groups in total. The quantitative estimate of drug-likeness (QED) is 0.680. The number of amides is 2. The number of fused-ring (bicyclic) bond motifs is 2. The van der Waals surface area contributed by atoms with Crippen LogP contribution < -0.4 is 10.5 Å². The summed E-state index contributed by atoms with van der Waals surface area (Å²) < 4.78 is 17.0. The molecule has 0 saturated carbocycles. The van der Waals surface area contributed by atoms with Crippen molar-refractivity contribution < 1.29 is 14.1 Å². The molecule has 0 bridgehead atoms. The van der Waals surface area contributed by atoms with E-state index in [1.807, 2.05) is 0 Å². The maximum Gasteiger partial charge on any atom is 0.354 e. The van der Waals surface area contributed by atoms with Gasteiger partial charge in [-0.1, -0.05) is 6.92 Å². The standard InChI is InChI=1S/C20H26N4O3S2/c1-11-7-8-14-17(11)22-15-6-4-5-13(15)18(14)23-19(25)24-29(21,27)16-9-12(10-28-16)20(2,3)26/h9-11,26H,4-8H2,1-3H3,(H3,21,22,23,24,25,27)/t11-,29+/m0/s1. The average molecular weight is 435 g/mol. The van der Waals surface area contributed by atoms with E-state index in [4.69, 9.17) is 10.1 Å². The smallest absolute Gasteiger partial charge is 0.354 e. The number of aliphatic hydroxyl groups is 1. The molecule has 0 fully saturated rings.